The molecule has 0 aliphatic carbocycles. The molecule has 0 spiro atoms. The Morgan fingerprint density at radius 1 is 0.941 bits per heavy atom. The van der Waals surface area contributed by atoms with Gasteiger partial charge in [-0.3, -0.25) is 28.0 Å². The quantitative estimate of drug-likeness (QED) is 0.0413. The molecule has 8 N–H and O–H groups in total. The number of phosphoric ester groups is 2. The lowest BCUT2D eigenvalue weighted by Crippen LogP contribution is -2.51. The average molecular weight is 1010 g/mol. The maximum Gasteiger partial charge on any atom is 0.481 e. The van der Waals surface area contributed by atoms with Crippen molar-refractivity contribution in [1.82, 2.24) is 9.55 Å². The second-order valence-corrected chi connectivity index (χ2v) is 20.7. The summed E-state index contributed by atoms with van der Waals surface area (Å²) in [5, 5.41) is 45.6. The van der Waals surface area contributed by atoms with E-state index in [9.17, 15) is 58.5 Å². The largest absolute Gasteiger partial charge is 0.481 e. The Morgan fingerprint density at radius 3 is 2.31 bits per heavy atom. The van der Waals surface area contributed by atoms with Crippen LogP contribution in [0.1, 0.15) is 143 Å². The zero-order valence-corrected chi connectivity index (χ0v) is 41.3. The zero-order chi connectivity index (χ0) is 50.3. The van der Waals surface area contributed by atoms with E-state index < -0.39 is 120 Å². The van der Waals surface area contributed by atoms with Crippen molar-refractivity contribution in [1.29, 1.82) is 0 Å². The van der Waals surface area contributed by atoms with E-state index in [0.717, 1.165) is 62.1 Å². The van der Waals surface area contributed by atoms with Crippen LogP contribution in [0.2, 0.25) is 0 Å². The molecule has 0 amide bonds. The molecule has 68 heavy (non-hydrogen) atoms. The van der Waals surface area contributed by atoms with Crippen LogP contribution >= 0.6 is 15.6 Å². The van der Waals surface area contributed by atoms with Gasteiger partial charge < -0.3 is 50.2 Å². The monoisotopic (exact) mass is 1010 g/mol. The number of unbranched alkanes of at least 4 members (excludes halogenated alkanes) is 7. The number of carbonyl (C=O) groups is 3. The summed E-state index contributed by atoms with van der Waals surface area (Å²) in [6, 6.07) is 1.22. The minimum atomic E-state index is -5.72. The number of fused-ring (bicyclic) bond motifs is 3. The molecule has 1 aromatic heterocycles. The van der Waals surface area contributed by atoms with E-state index in [4.69, 9.17) is 29.0 Å². The predicted molar refractivity (Wildman–Crippen MR) is 248 cm³/mol. The number of ketones is 1. The molecule has 388 valence electrons. The predicted octanol–water partition coefficient (Wildman–Crippen LogP) is 5.50. The molecular formula is C45H75N3O18P2. The Hall–Kier alpha value is -3.17. The summed E-state index contributed by atoms with van der Waals surface area (Å²) < 4.78 is 58.7. The van der Waals surface area contributed by atoms with Gasteiger partial charge in [0.15, 0.2) is 6.10 Å². The number of aromatic nitrogens is 2. The first-order valence-corrected chi connectivity index (χ1v) is 26.8. The Morgan fingerprint density at radius 2 is 1.62 bits per heavy atom. The van der Waals surface area contributed by atoms with Crippen molar-refractivity contribution in [2.75, 3.05) is 25.6 Å². The maximum atomic E-state index is 13.9. The van der Waals surface area contributed by atoms with Gasteiger partial charge in [0.25, 0.3) is 0 Å². The lowest BCUT2D eigenvalue weighted by atomic mass is 9.83. The normalized spacial score (nSPS) is 31.3. The van der Waals surface area contributed by atoms with Crippen LogP contribution in [0.25, 0.3) is 0 Å². The number of rotatable bonds is 18. The first-order valence-electron chi connectivity index (χ1n) is 23.8. The number of allylic oxidation sites excluding steroid dienone is 2. The van der Waals surface area contributed by atoms with Crippen LogP contribution in [-0.2, 0) is 51.1 Å². The van der Waals surface area contributed by atoms with E-state index in [1.165, 1.54) is 24.6 Å². The topological polar surface area (TPSA) is 323 Å². The highest BCUT2D eigenvalue weighted by atomic mass is 31.3. The molecular weight excluding hydrogens is 932 g/mol. The van der Waals surface area contributed by atoms with E-state index in [-0.39, 0.29) is 37.9 Å². The van der Waals surface area contributed by atoms with Crippen LogP contribution in [0.3, 0.4) is 0 Å². The number of ether oxygens (including phenoxy) is 3. The number of nitrogens with two attached hydrogens (primary N) is 1. The van der Waals surface area contributed by atoms with Crippen LogP contribution in [0.4, 0.5) is 5.82 Å². The second kappa shape index (κ2) is 30.5. The molecule has 2 aliphatic heterocycles. The number of esters is 2. The van der Waals surface area contributed by atoms with Gasteiger partial charge in [-0.15, -0.1) is 0 Å². The van der Waals surface area contributed by atoms with E-state index in [2.05, 4.69) is 23.1 Å². The number of carbonyl (C=O) groups excluding carboxylic acids is 3. The number of cyclic esters (lactones) is 1. The molecule has 12 atom stereocenters. The molecule has 23 heteroatoms. The van der Waals surface area contributed by atoms with E-state index in [0.29, 0.717) is 25.2 Å². The van der Waals surface area contributed by atoms with Gasteiger partial charge in [0.1, 0.15) is 36.6 Å². The van der Waals surface area contributed by atoms with Crippen LogP contribution in [0, 0.1) is 17.8 Å². The van der Waals surface area contributed by atoms with Crippen LogP contribution in [0.5, 0.6) is 0 Å². The van der Waals surface area contributed by atoms with Crippen molar-refractivity contribution < 1.29 is 81.3 Å². The lowest BCUT2D eigenvalue weighted by molar-refractivity contribution is -0.186. The minimum Gasteiger partial charge on any atom is -0.462 e. The van der Waals surface area contributed by atoms with Gasteiger partial charge in [0, 0.05) is 31.4 Å². The summed E-state index contributed by atoms with van der Waals surface area (Å²) in [6.45, 7) is 3.61. The zero-order valence-electron chi connectivity index (χ0n) is 39.5. The van der Waals surface area contributed by atoms with Gasteiger partial charge in [-0.1, -0.05) is 109 Å². The summed E-state index contributed by atoms with van der Waals surface area (Å²) >= 11 is 0. The van der Waals surface area contributed by atoms with Crippen LogP contribution in [-0.4, -0.2) is 114 Å². The standard InChI is InChI=1S/C45H75N3O18P2/c1-4-6-13-19-32(49)23-24-34-36(50)27-37(51)35-20-15-11-12-16-21-40(52)61-28-33(64-41(53)22-17-10-8-7-9-14-18-31(3)5-2)29-62-67(57,58)66-68(59,60)63-30-38(43(55)42(34)54)65-44(35)48-26-25-39(46)47-45(48)56/h11,15,23-26,31-35,37-38,42-44,49,51,54-55H,4-10,12-14,16-22,27-30H2,1-3H3,(H,57,58)(H,59,60)(H2,46,47,56)/b15-11-,24-23+/t31?,32-,33+,34-,35-,37-,38+,42-,43+,44+/m0/s1. The molecule has 3 heterocycles. The fourth-order valence-corrected chi connectivity index (χ4v) is 9.80. The molecule has 3 unspecified atom stereocenters. The van der Waals surface area contributed by atoms with Crippen LogP contribution in [0.15, 0.2) is 41.4 Å². The van der Waals surface area contributed by atoms with Crippen molar-refractivity contribution in [2.24, 2.45) is 17.8 Å². The van der Waals surface area contributed by atoms with Gasteiger partial charge in [-0.05, 0) is 44.1 Å². The molecule has 2 bridgehead atoms. The summed E-state index contributed by atoms with van der Waals surface area (Å²) in [5.41, 5.74) is 4.73. The Labute approximate surface area is 398 Å². The van der Waals surface area contributed by atoms with Crippen molar-refractivity contribution >= 4 is 39.2 Å². The molecule has 3 rings (SSSR count). The number of aliphatic hydroxyl groups excluding tert-OH is 4. The van der Waals surface area contributed by atoms with Crippen molar-refractivity contribution in [3.05, 3.63) is 47.1 Å². The molecule has 0 aromatic carbocycles. The second-order valence-electron chi connectivity index (χ2n) is 17.6. The van der Waals surface area contributed by atoms with Gasteiger partial charge in [-0.25, -0.2) is 13.9 Å². The Kier molecular flexibility index (Phi) is 26.6. The third-order valence-electron chi connectivity index (χ3n) is 11.9. The molecule has 2 aliphatic rings. The SMILES string of the molecule is CCCCC[C@H](O)/C=C/[C@H]1C(=O)C[C@H](O)[C@@H]2C/C=C\CCCC(=O)OC[C@@H](OC(=O)CCCCCCCCC(C)CC)COP(=O)(O)OP(=O)(O)OC[C@@H](O[C@H]2n2ccc(N)nc2=O)[C@@H](O)[C@H]1O. The molecule has 1 aromatic rings. The number of aliphatic hydroxyl groups is 4. The third-order valence-corrected chi connectivity index (χ3v) is 14.5. The first-order chi connectivity index (χ1) is 32.3. The number of phosphoric acid groups is 2. The molecule has 1 fully saturated rings. The highest BCUT2D eigenvalue weighted by Gasteiger charge is 2.45. The molecule has 1 saturated heterocycles. The highest BCUT2D eigenvalue weighted by molar-refractivity contribution is 7.61. The fraction of sp³-hybridized carbons (Fsp3) is 0.756. The summed E-state index contributed by atoms with van der Waals surface area (Å²) in [6.07, 6.45) is 4.87. The summed E-state index contributed by atoms with van der Waals surface area (Å²) in [4.78, 5) is 77.9. The third kappa shape index (κ3) is 21.9. The Bertz CT molecular complexity index is 1920. The van der Waals surface area contributed by atoms with Gasteiger partial charge >= 0.3 is 33.3 Å². The smallest absolute Gasteiger partial charge is 0.462 e. The number of anilines is 1. The number of nitrogen functional groups attached to an aromatic ring is 1. The number of nitrogens with zero attached hydrogens (tertiary/aromatic N) is 2. The van der Waals surface area contributed by atoms with E-state index in [1.54, 1.807) is 12.2 Å². The van der Waals surface area contributed by atoms with E-state index >= 15 is 0 Å². The average Bonchev–Trinajstić information content (AvgIpc) is 3.27. The lowest BCUT2D eigenvalue weighted by Gasteiger charge is -2.39. The van der Waals surface area contributed by atoms with Gasteiger partial charge in [-0.2, -0.15) is 9.29 Å². The van der Waals surface area contributed by atoms with E-state index in [1.807, 2.05) is 6.92 Å². The number of hydrogen-bond acceptors (Lipinski definition) is 18. The van der Waals surface area contributed by atoms with Crippen molar-refractivity contribution in [2.45, 2.75) is 179 Å². The minimum absolute atomic E-state index is 0.00514. The fourth-order valence-electron chi connectivity index (χ4n) is 7.69. The van der Waals surface area contributed by atoms with Crippen molar-refractivity contribution in [3.63, 3.8) is 0 Å². The molecule has 21 nitrogen and oxygen atoms in total. The van der Waals surface area contributed by atoms with Crippen LogP contribution < -0.4 is 11.4 Å². The van der Waals surface area contributed by atoms with Gasteiger partial charge in [0.05, 0.1) is 37.4 Å². The molecule has 0 radical (unpaired) electrons. The number of Topliss-reactive ketones (excluding diaryl/α,β-unsaturated/α-hetero) is 1. The van der Waals surface area contributed by atoms with Gasteiger partial charge in [0.2, 0.25) is 0 Å². The first kappa shape index (κ1) is 59.1. The maximum absolute atomic E-state index is 13.9. The number of hydrogen-bond donors (Lipinski definition) is 7. The highest BCUT2D eigenvalue weighted by Crippen LogP contribution is 2.60. The summed E-state index contributed by atoms with van der Waals surface area (Å²) in [5.74, 6) is -4.55. The Balaban J connectivity index is 1.93. The summed E-state index contributed by atoms with van der Waals surface area (Å²) in [7, 11) is -11.3. The molecule has 0 saturated carbocycles. The van der Waals surface area contributed by atoms with Crippen molar-refractivity contribution in [3.8, 4) is 0 Å².